The first-order valence-corrected chi connectivity index (χ1v) is 3.53. The second-order valence-electron chi connectivity index (χ2n) is 2.62. The molecule has 1 aromatic rings. The predicted molar refractivity (Wildman–Crippen MR) is 53.0 cm³/mol. The highest BCUT2D eigenvalue weighted by atomic mass is 35.5. The molecule has 0 fully saturated rings. The first-order valence-electron chi connectivity index (χ1n) is 3.53. The Balaban J connectivity index is 0.000000500. The van der Waals surface area contributed by atoms with Gasteiger partial charge >= 0.3 is 0 Å². The van der Waals surface area contributed by atoms with Crippen LogP contribution < -0.4 is 0 Å². The van der Waals surface area contributed by atoms with Gasteiger partial charge in [-0.25, -0.2) is 0 Å². The molecule has 0 saturated heterocycles. The number of fused-ring (bicyclic) bond motifs is 1. The summed E-state index contributed by atoms with van der Waals surface area (Å²) in [6.07, 6.45) is 3.96. The number of rotatable bonds is 0. The lowest BCUT2D eigenvalue weighted by Gasteiger charge is -1.93. The van der Waals surface area contributed by atoms with E-state index in [0.717, 1.165) is 0 Å². The first-order chi connectivity index (χ1) is 4.47. The van der Waals surface area contributed by atoms with E-state index in [2.05, 4.69) is 24.3 Å². The largest absolute Gasteiger partial charge is 0.147 e. The van der Waals surface area contributed by atoms with Crippen molar-refractivity contribution in [3.05, 3.63) is 35.4 Å². The number of aryl methyl sites for hydroxylation is 2. The second-order valence-corrected chi connectivity index (χ2v) is 2.62. The molecule has 2 rings (SSSR count). The van der Waals surface area contributed by atoms with Crippen molar-refractivity contribution in [2.75, 3.05) is 0 Å². The molecule has 0 bridgehead atoms. The SMILES string of the molecule is Cl.Cl.c1ccc2c(c1)CCC2. The Morgan fingerprint density at radius 2 is 1.27 bits per heavy atom. The van der Waals surface area contributed by atoms with Crippen molar-refractivity contribution in [3.63, 3.8) is 0 Å². The molecule has 0 radical (unpaired) electrons. The minimum absolute atomic E-state index is 0. The van der Waals surface area contributed by atoms with Gasteiger partial charge in [0.25, 0.3) is 0 Å². The lowest BCUT2D eigenvalue weighted by Crippen LogP contribution is -1.77. The Kier molecular flexibility index (Phi) is 4.55. The van der Waals surface area contributed by atoms with E-state index < -0.39 is 0 Å². The summed E-state index contributed by atoms with van der Waals surface area (Å²) in [6.45, 7) is 0. The lowest BCUT2D eigenvalue weighted by molar-refractivity contribution is 0.912. The second kappa shape index (κ2) is 4.63. The van der Waals surface area contributed by atoms with Crippen LogP contribution in [0.2, 0.25) is 0 Å². The molecule has 0 N–H and O–H groups in total. The van der Waals surface area contributed by atoms with Crippen LogP contribution in [0.15, 0.2) is 24.3 Å². The van der Waals surface area contributed by atoms with E-state index in [9.17, 15) is 0 Å². The van der Waals surface area contributed by atoms with E-state index in [4.69, 9.17) is 0 Å². The molecule has 1 aromatic carbocycles. The molecular weight excluding hydrogens is 179 g/mol. The molecule has 0 amide bonds. The van der Waals surface area contributed by atoms with E-state index in [1.165, 1.54) is 19.3 Å². The Morgan fingerprint density at radius 3 is 1.73 bits per heavy atom. The quantitative estimate of drug-likeness (QED) is 0.591. The molecule has 0 spiro atoms. The van der Waals surface area contributed by atoms with E-state index in [1.807, 2.05) is 0 Å². The normalized spacial score (nSPS) is 12.7. The molecule has 0 aliphatic heterocycles. The van der Waals surface area contributed by atoms with Crippen LogP contribution in [0.4, 0.5) is 0 Å². The van der Waals surface area contributed by atoms with Gasteiger partial charge in [-0.3, -0.25) is 0 Å². The Bertz CT molecular complexity index is 198. The fourth-order valence-electron chi connectivity index (χ4n) is 1.51. The minimum Gasteiger partial charge on any atom is -0.147 e. The molecular formula is C9H12Cl2. The maximum Gasteiger partial charge on any atom is -0.0273 e. The summed E-state index contributed by atoms with van der Waals surface area (Å²) in [5, 5.41) is 0. The highest BCUT2D eigenvalue weighted by molar-refractivity contribution is 5.85. The standard InChI is InChI=1S/C9H10.2ClH/c1-2-5-9-7-3-6-8(9)4-1;;/h1-2,4-5H,3,6-7H2;2*1H. The predicted octanol–water partition coefficient (Wildman–Crippen LogP) is 3.02. The zero-order chi connectivity index (χ0) is 6.10. The molecule has 1 aliphatic carbocycles. The van der Waals surface area contributed by atoms with E-state index in [0.29, 0.717) is 0 Å². The highest BCUT2D eigenvalue weighted by Gasteiger charge is 2.07. The van der Waals surface area contributed by atoms with Crippen LogP contribution >= 0.6 is 24.8 Å². The summed E-state index contributed by atoms with van der Waals surface area (Å²) in [4.78, 5) is 0. The topological polar surface area (TPSA) is 0 Å². The maximum absolute atomic E-state index is 2.24. The van der Waals surface area contributed by atoms with Crippen molar-refractivity contribution in [1.29, 1.82) is 0 Å². The van der Waals surface area contributed by atoms with Gasteiger partial charge in [-0.15, -0.1) is 24.8 Å². The summed E-state index contributed by atoms with van der Waals surface area (Å²) in [6, 6.07) is 8.74. The lowest BCUT2D eigenvalue weighted by atomic mass is 10.1. The molecule has 0 aromatic heterocycles. The van der Waals surface area contributed by atoms with Gasteiger partial charge in [-0.2, -0.15) is 0 Å². The van der Waals surface area contributed by atoms with Crippen molar-refractivity contribution in [2.24, 2.45) is 0 Å². The molecule has 11 heavy (non-hydrogen) atoms. The first kappa shape index (κ1) is 10.8. The van der Waals surface area contributed by atoms with Gasteiger partial charge in [0.1, 0.15) is 0 Å². The molecule has 0 unspecified atom stereocenters. The van der Waals surface area contributed by atoms with E-state index >= 15 is 0 Å². The molecule has 62 valence electrons. The molecule has 1 aliphatic rings. The van der Waals surface area contributed by atoms with Crippen molar-refractivity contribution >= 4 is 24.8 Å². The van der Waals surface area contributed by atoms with Gasteiger partial charge in [0.05, 0.1) is 0 Å². The number of hydrogen-bond acceptors (Lipinski definition) is 0. The Hall–Kier alpha value is -0.200. The van der Waals surface area contributed by atoms with Crippen LogP contribution in [0.3, 0.4) is 0 Å². The third-order valence-corrected chi connectivity index (χ3v) is 2.01. The Labute approximate surface area is 79.8 Å². The zero-order valence-corrected chi connectivity index (χ0v) is 7.88. The van der Waals surface area contributed by atoms with Gasteiger partial charge in [-0.1, -0.05) is 24.3 Å². The third kappa shape index (κ3) is 2.11. The van der Waals surface area contributed by atoms with Crippen LogP contribution in [0.1, 0.15) is 17.5 Å². The average Bonchev–Trinajstić information content (AvgIpc) is 2.33. The molecule has 2 heteroatoms. The Morgan fingerprint density at radius 1 is 0.818 bits per heavy atom. The molecule has 0 heterocycles. The molecule has 0 saturated carbocycles. The van der Waals surface area contributed by atoms with Crippen molar-refractivity contribution in [1.82, 2.24) is 0 Å². The van der Waals surface area contributed by atoms with Gasteiger partial charge in [0.2, 0.25) is 0 Å². The summed E-state index contributed by atoms with van der Waals surface area (Å²) in [5.74, 6) is 0. The van der Waals surface area contributed by atoms with Crippen molar-refractivity contribution in [2.45, 2.75) is 19.3 Å². The number of benzene rings is 1. The fourth-order valence-corrected chi connectivity index (χ4v) is 1.51. The van der Waals surface area contributed by atoms with E-state index in [1.54, 1.807) is 11.1 Å². The van der Waals surface area contributed by atoms with Crippen LogP contribution in [-0.2, 0) is 12.8 Å². The van der Waals surface area contributed by atoms with Crippen molar-refractivity contribution in [3.8, 4) is 0 Å². The maximum atomic E-state index is 2.24. The third-order valence-electron chi connectivity index (χ3n) is 2.01. The van der Waals surface area contributed by atoms with Crippen LogP contribution in [0.25, 0.3) is 0 Å². The fraction of sp³-hybridized carbons (Fsp3) is 0.333. The monoisotopic (exact) mass is 190 g/mol. The average molecular weight is 191 g/mol. The molecule has 0 nitrogen and oxygen atoms in total. The highest BCUT2D eigenvalue weighted by Crippen LogP contribution is 2.20. The summed E-state index contributed by atoms with van der Waals surface area (Å²) in [7, 11) is 0. The van der Waals surface area contributed by atoms with Gasteiger partial charge in [-0.05, 0) is 30.4 Å². The van der Waals surface area contributed by atoms with Gasteiger partial charge < -0.3 is 0 Å². The number of hydrogen-bond donors (Lipinski definition) is 0. The van der Waals surface area contributed by atoms with Crippen molar-refractivity contribution < 1.29 is 0 Å². The molecule has 0 atom stereocenters. The minimum atomic E-state index is 0. The van der Waals surface area contributed by atoms with Gasteiger partial charge in [0.15, 0.2) is 0 Å². The van der Waals surface area contributed by atoms with Crippen LogP contribution in [0.5, 0.6) is 0 Å². The summed E-state index contributed by atoms with van der Waals surface area (Å²) in [5.41, 5.74) is 3.13. The van der Waals surface area contributed by atoms with Crippen LogP contribution in [-0.4, -0.2) is 0 Å². The number of halogens is 2. The zero-order valence-electron chi connectivity index (χ0n) is 6.25. The summed E-state index contributed by atoms with van der Waals surface area (Å²) < 4.78 is 0. The smallest absolute Gasteiger partial charge is 0.0273 e. The van der Waals surface area contributed by atoms with Crippen LogP contribution in [0, 0.1) is 0 Å². The summed E-state index contributed by atoms with van der Waals surface area (Å²) >= 11 is 0. The van der Waals surface area contributed by atoms with E-state index in [-0.39, 0.29) is 24.8 Å². The van der Waals surface area contributed by atoms with Gasteiger partial charge in [0, 0.05) is 0 Å².